The number of nitrogens with two attached hydrogens (primary N) is 1. The van der Waals surface area contributed by atoms with Crippen LogP contribution < -0.4 is 15.9 Å². The van der Waals surface area contributed by atoms with Crippen molar-refractivity contribution in [3.05, 3.63) is 65.9 Å². The van der Waals surface area contributed by atoms with Gasteiger partial charge in [-0.3, -0.25) is 4.79 Å². The van der Waals surface area contributed by atoms with E-state index in [9.17, 15) is 4.79 Å². The van der Waals surface area contributed by atoms with Crippen LogP contribution in [0.3, 0.4) is 0 Å². The molecule has 2 aromatic carbocycles. The summed E-state index contributed by atoms with van der Waals surface area (Å²) < 4.78 is 11.1. The molecular formula is C19H16N8O3. The molecule has 0 bridgehead atoms. The van der Waals surface area contributed by atoms with Gasteiger partial charge >= 0.3 is 0 Å². The smallest absolute Gasteiger partial charge is 0.294 e. The molecule has 11 nitrogen and oxygen atoms in total. The quantitative estimate of drug-likeness (QED) is 0.364. The van der Waals surface area contributed by atoms with E-state index in [1.54, 1.807) is 25.3 Å². The van der Waals surface area contributed by atoms with Crippen LogP contribution in [0.15, 0.2) is 64.3 Å². The molecule has 11 heteroatoms. The Bertz CT molecular complexity index is 1200. The number of hydrogen-bond acceptors (Lipinski definition) is 9. The van der Waals surface area contributed by atoms with Crippen LogP contribution >= 0.6 is 0 Å². The highest BCUT2D eigenvalue weighted by molar-refractivity contribution is 5.98. The first-order chi connectivity index (χ1) is 14.7. The van der Waals surface area contributed by atoms with Gasteiger partial charge in [-0.15, -0.1) is 5.10 Å². The molecule has 0 saturated heterocycles. The number of aromatic nitrogens is 5. The largest absolute Gasteiger partial charge is 0.497 e. The number of hydrogen-bond donors (Lipinski definition) is 2. The predicted octanol–water partition coefficient (Wildman–Crippen LogP) is 1.67. The van der Waals surface area contributed by atoms with Crippen LogP contribution in [-0.4, -0.2) is 44.5 Å². The third-order valence-corrected chi connectivity index (χ3v) is 4.10. The van der Waals surface area contributed by atoms with E-state index in [1.807, 2.05) is 36.4 Å². The van der Waals surface area contributed by atoms with Crippen LogP contribution in [0.5, 0.6) is 5.75 Å². The highest BCUT2D eigenvalue weighted by Crippen LogP contribution is 2.26. The summed E-state index contributed by atoms with van der Waals surface area (Å²) in [5.74, 6) is 0.257. The summed E-state index contributed by atoms with van der Waals surface area (Å²) in [6, 6.07) is 16.3. The summed E-state index contributed by atoms with van der Waals surface area (Å²) in [5.41, 5.74) is 10.1. The zero-order chi connectivity index (χ0) is 20.9. The van der Waals surface area contributed by atoms with Crippen molar-refractivity contribution in [1.82, 2.24) is 30.7 Å². The second kappa shape index (κ2) is 8.22. The number of methoxy groups -OCH3 is 1. The van der Waals surface area contributed by atoms with Gasteiger partial charge in [0, 0.05) is 5.56 Å². The van der Waals surface area contributed by atoms with Gasteiger partial charge in [-0.1, -0.05) is 47.7 Å². The van der Waals surface area contributed by atoms with Crippen molar-refractivity contribution >= 4 is 17.9 Å². The predicted molar refractivity (Wildman–Crippen MR) is 107 cm³/mol. The number of carbonyl (C=O) groups excluding carboxylic acids is 1. The number of ether oxygens (including phenoxy) is 1. The van der Waals surface area contributed by atoms with Crippen molar-refractivity contribution in [2.75, 3.05) is 12.8 Å². The van der Waals surface area contributed by atoms with E-state index >= 15 is 0 Å². The topological polar surface area (TPSA) is 146 Å². The molecule has 4 rings (SSSR count). The number of rotatable bonds is 6. The molecule has 0 radical (unpaired) electrons. The summed E-state index contributed by atoms with van der Waals surface area (Å²) in [6.07, 6.45) is 1.49. The third kappa shape index (κ3) is 3.71. The zero-order valence-corrected chi connectivity index (χ0v) is 15.8. The maximum atomic E-state index is 12.8. The number of nitrogens with zero attached hydrogens (tertiary/aromatic N) is 6. The normalized spacial score (nSPS) is 11.0. The minimum Gasteiger partial charge on any atom is -0.497 e. The average molecular weight is 404 g/mol. The first-order valence-electron chi connectivity index (χ1n) is 8.74. The summed E-state index contributed by atoms with van der Waals surface area (Å²) in [6.45, 7) is 0. The van der Waals surface area contributed by atoms with Crippen molar-refractivity contribution in [3.8, 4) is 22.8 Å². The second-order valence-electron chi connectivity index (χ2n) is 6.01. The molecule has 150 valence electrons. The molecule has 0 aliphatic rings. The Kier molecular flexibility index (Phi) is 5.16. The summed E-state index contributed by atoms with van der Waals surface area (Å²) in [5, 5.41) is 19.3. The van der Waals surface area contributed by atoms with E-state index in [0.717, 1.165) is 5.56 Å². The minimum atomic E-state index is -0.561. The van der Waals surface area contributed by atoms with Crippen molar-refractivity contribution in [3.63, 3.8) is 0 Å². The van der Waals surface area contributed by atoms with Crippen LogP contribution in [0.2, 0.25) is 0 Å². The SMILES string of the molecule is COc1cccc(/C=N/NC(=O)c2nnn(-c3nonc3N)c2-c2ccccc2)c1. The number of hydrazone groups is 1. The van der Waals surface area contributed by atoms with Gasteiger partial charge in [0.15, 0.2) is 5.69 Å². The Morgan fingerprint density at radius 3 is 2.77 bits per heavy atom. The molecule has 0 spiro atoms. The lowest BCUT2D eigenvalue weighted by molar-refractivity contribution is 0.0950. The summed E-state index contributed by atoms with van der Waals surface area (Å²) in [7, 11) is 1.57. The first kappa shape index (κ1) is 18.8. The molecule has 2 aromatic heterocycles. The molecule has 30 heavy (non-hydrogen) atoms. The van der Waals surface area contributed by atoms with Crippen LogP contribution in [0.1, 0.15) is 16.1 Å². The minimum absolute atomic E-state index is 0.0140. The summed E-state index contributed by atoms with van der Waals surface area (Å²) >= 11 is 0. The number of amides is 1. The standard InChI is InChI=1S/C19H16N8O3/c1-29-14-9-5-6-12(10-14)11-21-23-19(28)15-16(13-7-3-2-4-8-13)27(26-22-15)18-17(20)24-30-25-18/h2-11H,1H3,(H2,20,24)(H,23,28)/b21-11+. The maximum Gasteiger partial charge on any atom is 0.294 e. The van der Waals surface area contributed by atoms with Crippen molar-refractivity contribution in [1.29, 1.82) is 0 Å². The molecule has 0 fully saturated rings. The molecule has 0 saturated carbocycles. The van der Waals surface area contributed by atoms with Gasteiger partial charge in [0.05, 0.1) is 13.3 Å². The van der Waals surface area contributed by atoms with Gasteiger partial charge in [-0.05, 0) is 28.0 Å². The fraction of sp³-hybridized carbons (Fsp3) is 0.0526. The molecule has 0 aliphatic heterocycles. The number of anilines is 1. The van der Waals surface area contributed by atoms with Gasteiger partial charge in [0.25, 0.3) is 5.91 Å². The number of nitrogen functional groups attached to an aromatic ring is 1. The van der Waals surface area contributed by atoms with Gasteiger partial charge < -0.3 is 10.5 Å². The molecule has 2 heterocycles. The highest BCUT2D eigenvalue weighted by Gasteiger charge is 2.24. The number of benzene rings is 2. The van der Waals surface area contributed by atoms with Crippen LogP contribution in [-0.2, 0) is 0 Å². The van der Waals surface area contributed by atoms with E-state index in [-0.39, 0.29) is 17.3 Å². The molecule has 1 amide bonds. The van der Waals surface area contributed by atoms with Crippen LogP contribution in [0.25, 0.3) is 17.1 Å². The molecule has 3 N–H and O–H groups in total. The second-order valence-corrected chi connectivity index (χ2v) is 6.01. The van der Waals surface area contributed by atoms with Crippen molar-refractivity contribution in [2.45, 2.75) is 0 Å². The number of carbonyl (C=O) groups is 1. The average Bonchev–Trinajstić information content (AvgIpc) is 3.40. The fourth-order valence-corrected chi connectivity index (χ4v) is 2.72. The lowest BCUT2D eigenvalue weighted by Crippen LogP contribution is -2.19. The van der Waals surface area contributed by atoms with Gasteiger partial charge in [0.1, 0.15) is 11.4 Å². The molecular weight excluding hydrogens is 388 g/mol. The lowest BCUT2D eigenvalue weighted by Gasteiger charge is -2.05. The monoisotopic (exact) mass is 404 g/mol. The molecule has 0 unspecified atom stereocenters. The van der Waals surface area contributed by atoms with Gasteiger partial charge in [-0.25, -0.2) is 10.1 Å². The first-order valence-corrected chi connectivity index (χ1v) is 8.74. The van der Waals surface area contributed by atoms with Crippen molar-refractivity contribution < 1.29 is 14.2 Å². The van der Waals surface area contributed by atoms with E-state index in [1.165, 1.54) is 10.9 Å². The van der Waals surface area contributed by atoms with E-state index < -0.39 is 5.91 Å². The Hall–Kier alpha value is -4.54. The fourth-order valence-electron chi connectivity index (χ4n) is 2.72. The van der Waals surface area contributed by atoms with E-state index in [2.05, 4.69) is 35.8 Å². The van der Waals surface area contributed by atoms with E-state index in [4.69, 9.17) is 10.5 Å². The van der Waals surface area contributed by atoms with Crippen LogP contribution in [0.4, 0.5) is 5.82 Å². The Labute approximate surface area is 170 Å². The van der Waals surface area contributed by atoms with Gasteiger partial charge in [-0.2, -0.15) is 9.78 Å². The summed E-state index contributed by atoms with van der Waals surface area (Å²) in [4.78, 5) is 12.8. The molecule has 0 atom stereocenters. The number of nitrogens with one attached hydrogen (secondary N) is 1. The third-order valence-electron chi connectivity index (χ3n) is 4.10. The lowest BCUT2D eigenvalue weighted by atomic mass is 10.1. The van der Waals surface area contributed by atoms with E-state index in [0.29, 0.717) is 17.0 Å². The highest BCUT2D eigenvalue weighted by atomic mass is 16.6. The molecule has 0 aliphatic carbocycles. The molecule has 4 aromatic rings. The van der Waals surface area contributed by atoms with Gasteiger partial charge in [0.2, 0.25) is 11.6 Å². The zero-order valence-electron chi connectivity index (χ0n) is 15.8. The Morgan fingerprint density at radius 1 is 1.20 bits per heavy atom. The van der Waals surface area contributed by atoms with Crippen molar-refractivity contribution in [2.24, 2.45) is 5.10 Å². The van der Waals surface area contributed by atoms with Crippen LogP contribution in [0, 0.1) is 0 Å². The Balaban J connectivity index is 1.65. The Morgan fingerprint density at radius 2 is 2.03 bits per heavy atom. The maximum absolute atomic E-state index is 12.8.